The Hall–Kier alpha value is -0.160. The molecule has 0 bridgehead atoms. The van der Waals surface area contributed by atoms with Crippen LogP contribution >= 0.6 is 38.6 Å². The first-order chi connectivity index (χ1) is 7.22. The molecular formula is C11H12BrNS2. The van der Waals surface area contributed by atoms with Crippen molar-refractivity contribution in [1.29, 1.82) is 0 Å². The molecule has 2 aromatic heterocycles. The highest BCUT2D eigenvalue weighted by Crippen LogP contribution is 2.32. The molecule has 2 heterocycles. The molecule has 0 aliphatic carbocycles. The summed E-state index contributed by atoms with van der Waals surface area (Å²) in [4.78, 5) is 1.39. The average molecular weight is 302 g/mol. The fourth-order valence-electron chi connectivity index (χ4n) is 1.67. The number of rotatable bonds is 3. The second-order valence-electron chi connectivity index (χ2n) is 3.34. The summed E-state index contributed by atoms with van der Waals surface area (Å²) >= 11 is 7.04. The van der Waals surface area contributed by atoms with Gasteiger partial charge in [0.2, 0.25) is 0 Å². The molecule has 0 saturated heterocycles. The molecule has 0 spiro atoms. The van der Waals surface area contributed by atoms with Gasteiger partial charge in [-0.2, -0.15) is 0 Å². The Morgan fingerprint density at radius 3 is 2.67 bits per heavy atom. The lowest BCUT2D eigenvalue weighted by molar-refractivity contribution is 0.693. The van der Waals surface area contributed by atoms with Crippen LogP contribution in [0.25, 0.3) is 0 Å². The van der Waals surface area contributed by atoms with Crippen molar-refractivity contribution in [2.24, 2.45) is 0 Å². The second-order valence-corrected chi connectivity index (χ2v) is 6.75. The quantitative estimate of drug-likeness (QED) is 0.896. The van der Waals surface area contributed by atoms with Crippen LogP contribution in [0.1, 0.15) is 22.0 Å². The van der Waals surface area contributed by atoms with E-state index in [2.05, 4.69) is 51.1 Å². The molecule has 0 aliphatic heterocycles. The third kappa shape index (κ3) is 2.33. The Kier molecular flexibility index (Phi) is 3.61. The van der Waals surface area contributed by atoms with Gasteiger partial charge in [-0.15, -0.1) is 22.7 Å². The molecule has 1 nitrogen and oxygen atoms in total. The minimum atomic E-state index is 0.318. The highest BCUT2D eigenvalue weighted by molar-refractivity contribution is 9.11. The van der Waals surface area contributed by atoms with Gasteiger partial charge in [-0.05, 0) is 63.9 Å². The minimum Gasteiger partial charge on any atom is -0.309 e. The molecule has 4 heteroatoms. The summed E-state index contributed by atoms with van der Waals surface area (Å²) in [7, 11) is 2.01. The van der Waals surface area contributed by atoms with E-state index in [1.807, 2.05) is 7.05 Å². The Labute approximate surface area is 106 Å². The van der Waals surface area contributed by atoms with Crippen LogP contribution in [0.5, 0.6) is 0 Å². The van der Waals surface area contributed by atoms with Gasteiger partial charge in [-0.3, -0.25) is 0 Å². The summed E-state index contributed by atoms with van der Waals surface area (Å²) in [5.74, 6) is 0. The van der Waals surface area contributed by atoms with Crippen molar-refractivity contribution in [1.82, 2.24) is 5.32 Å². The lowest BCUT2D eigenvalue weighted by atomic mass is 10.0. The fourth-order valence-corrected chi connectivity index (χ4v) is 3.61. The van der Waals surface area contributed by atoms with Gasteiger partial charge in [0.1, 0.15) is 0 Å². The maximum atomic E-state index is 3.50. The normalized spacial score (nSPS) is 13.0. The van der Waals surface area contributed by atoms with E-state index < -0.39 is 0 Å². The summed E-state index contributed by atoms with van der Waals surface area (Å²) in [6, 6.07) is 4.70. The van der Waals surface area contributed by atoms with E-state index in [1.54, 1.807) is 22.7 Å². The Morgan fingerprint density at radius 1 is 1.40 bits per heavy atom. The molecule has 1 atom stereocenters. The molecule has 0 fully saturated rings. The van der Waals surface area contributed by atoms with Crippen LogP contribution in [0.15, 0.2) is 26.7 Å². The van der Waals surface area contributed by atoms with Crippen LogP contribution in [0.3, 0.4) is 0 Å². The van der Waals surface area contributed by atoms with Crippen LogP contribution in [-0.4, -0.2) is 7.05 Å². The summed E-state index contributed by atoms with van der Waals surface area (Å²) < 4.78 is 1.19. The summed E-state index contributed by atoms with van der Waals surface area (Å²) in [6.07, 6.45) is 0. The van der Waals surface area contributed by atoms with Gasteiger partial charge in [-0.25, -0.2) is 0 Å². The van der Waals surface area contributed by atoms with Gasteiger partial charge in [0.25, 0.3) is 0 Å². The van der Waals surface area contributed by atoms with E-state index in [-0.39, 0.29) is 0 Å². The van der Waals surface area contributed by atoms with Crippen LogP contribution in [0, 0.1) is 6.92 Å². The fraction of sp³-hybridized carbons (Fsp3) is 0.273. The largest absolute Gasteiger partial charge is 0.309 e. The van der Waals surface area contributed by atoms with Gasteiger partial charge >= 0.3 is 0 Å². The molecule has 80 valence electrons. The van der Waals surface area contributed by atoms with Gasteiger partial charge in [0.05, 0.1) is 9.83 Å². The smallest absolute Gasteiger partial charge is 0.0701 e. The third-order valence-electron chi connectivity index (χ3n) is 2.42. The Balaban J connectivity index is 2.36. The monoisotopic (exact) mass is 301 g/mol. The van der Waals surface area contributed by atoms with Crippen molar-refractivity contribution in [3.05, 3.63) is 42.7 Å². The zero-order chi connectivity index (χ0) is 10.8. The molecule has 0 saturated carbocycles. The van der Waals surface area contributed by atoms with Gasteiger partial charge in [0, 0.05) is 4.88 Å². The van der Waals surface area contributed by atoms with E-state index in [1.165, 1.54) is 19.8 Å². The number of thiophene rings is 2. The Bertz CT molecular complexity index is 447. The topological polar surface area (TPSA) is 12.0 Å². The zero-order valence-electron chi connectivity index (χ0n) is 8.58. The number of aryl methyl sites for hydroxylation is 1. The molecule has 0 radical (unpaired) electrons. The van der Waals surface area contributed by atoms with E-state index in [4.69, 9.17) is 0 Å². The zero-order valence-corrected chi connectivity index (χ0v) is 11.8. The third-order valence-corrected chi connectivity index (χ3v) is 4.80. The first-order valence-corrected chi connectivity index (χ1v) is 7.22. The molecule has 0 aliphatic rings. The van der Waals surface area contributed by atoms with Crippen LogP contribution in [0.4, 0.5) is 0 Å². The molecule has 15 heavy (non-hydrogen) atoms. The van der Waals surface area contributed by atoms with Crippen molar-refractivity contribution < 1.29 is 0 Å². The summed E-state index contributed by atoms with van der Waals surface area (Å²) in [6.45, 7) is 2.17. The van der Waals surface area contributed by atoms with Gasteiger partial charge in [-0.1, -0.05) is 0 Å². The van der Waals surface area contributed by atoms with E-state index in [9.17, 15) is 0 Å². The maximum absolute atomic E-state index is 3.50. The van der Waals surface area contributed by atoms with Crippen LogP contribution in [0.2, 0.25) is 0 Å². The lowest BCUT2D eigenvalue weighted by Crippen LogP contribution is -2.16. The number of nitrogens with one attached hydrogen (secondary N) is 1. The van der Waals surface area contributed by atoms with E-state index in [0.29, 0.717) is 6.04 Å². The van der Waals surface area contributed by atoms with Crippen molar-refractivity contribution in [3.8, 4) is 0 Å². The standard InChI is InChI=1S/C11H12BrNS2/c1-7-9(3-4-14-7)11(13-2)8-5-10(12)15-6-8/h3-6,11,13H,1-2H3. The van der Waals surface area contributed by atoms with Crippen molar-refractivity contribution in [2.75, 3.05) is 7.05 Å². The second kappa shape index (κ2) is 4.78. The summed E-state index contributed by atoms with van der Waals surface area (Å²) in [5.41, 5.74) is 2.71. The highest BCUT2D eigenvalue weighted by atomic mass is 79.9. The SMILES string of the molecule is CNC(c1csc(Br)c1)c1ccsc1C. The summed E-state index contributed by atoms with van der Waals surface area (Å²) in [5, 5.41) is 7.71. The minimum absolute atomic E-state index is 0.318. The Morgan fingerprint density at radius 2 is 2.20 bits per heavy atom. The number of hydrogen-bond acceptors (Lipinski definition) is 3. The molecule has 0 amide bonds. The highest BCUT2D eigenvalue weighted by Gasteiger charge is 2.15. The van der Waals surface area contributed by atoms with E-state index >= 15 is 0 Å². The number of hydrogen-bond donors (Lipinski definition) is 1. The predicted octanol–water partition coefficient (Wildman–Crippen LogP) is 4.19. The predicted molar refractivity (Wildman–Crippen MR) is 72.0 cm³/mol. The molecular weight excluding hydrogens is 290 g/mol. The molecule has 0 aromatic carbocycles. The lowest BCUT2D eigenvalue weighted by Gasteiger charge is -2.14. The number of halogens is 1. The first kappa shape index (κ1) is 11.3. The van der Waals surface area contributed by atoms with E-state index in [0.717, 1.165) is 0 Å². The molecule has 1 N–H and O–H groups in total. The van der Waals surface area contributed by atoms with Crippen molar-refractivity contribution in [3.63, 3.8) is 0 Å². The van der Waals surface area contributed by atoms with Crippen LogP contribution < -0.4 is 5.32 Å². The van der Waals surface area contributed by atoms with Crippen molar-refractivity contribution >= 4 is 38.6 Å². The average Bonchev–Trinajstić information content (AvgIpc) is 2.79. The molecule has 1 unspecified atom stereocenters. The molecule has 2 aromatic rings. The van der Waals surface area contributed by atoms with Gasteiger partial charge < -0.3 is 5.32 Å². The van der Waals surface area contributed by atoms with Crippen molar-refractivity contribution in [2.45, 2.75) is 13.0 Å². The van der Waals surface area contributed by atoms with Crippen LogP contribution in [-0.2, 0) is 0 Å². The van der Waals surface area contributed by atoms with Gasteiger partial charge in [0.15, 0.2) is 0 Å². The molecule has 2 rings (SSSR count). The first-order valence-electron chi connectivity index (χ1n) is 4.67. The maximum Gasteiger partial charge on any atom is 0.0701 e.